The monoisotopic (exact) mass is 325 g/mol. The average Bonchev–Trinajstić information content (AvgIpc) is 2.32. The molecule has 0 aliphatic carbocycles. The smallest absolute Gasteiger partial charge is 0.407 e. The van der Waals surface area contributed by atoms with Gasteiger partial charge in [-0.3, -0.25) is 0 Å². The lowest BCUT2D eigenvalue weighted by Crippen LogP contribution is -2.57. The molecule has 0 unspecified atom stereocenters. The summed E-state index contributed by atoms with van der Waals surface area (Å²) < 4.78 is 37.0. The van der Waals surface area contributed by atoms with Crippen LogP contribution in [0.25, 0.3) is 0 Å². The quantitative estimate of drug-likeness (QED) is 0.731. The number of alkyl carbamates (subject to hydrolysis) is 1. The van der Waals surface area contributed by atoms with Gasteiger partial charge in [0, 0.05) is 0 Å². The van der Waals surface area contributed by atoms with Crippen LogP contribution in [0.4, 0.5) is 13.6 Å². The molecular formula is C14H25F2NO5. The van der Waals surface area contributed by atoms with Gasteiger partial charge in [-0.05, 0) is 33.6 Å². The van der Waals surface area contributed by atoms with E-state index in [1.807, 2.05) is 0 Å². The van der Waals surface area contributed by atoms with Gasteiger partial charge >= 0.3 is 18.0 Å². The van der Waals surface area contributed by atoms with Crippen molar-refractivity contribution in [3.05, 3.63) is 0 Å². The predicted molar refractivity (Wildman–Crippen MR) is 75.6 cm³/mol. The zero-order valence-corrected chi connectivity index (χ0v) is 13.8. The van der Waals surface area contributed by atoms with Crippen LogP contribution in [0.2, 0.25) is 0 Å². The number of rotatable bonds is 6. The number of aliphatic hydroxyl groups is 1. The number of hydrogen-bond acceptors (Lipinski definition) is 5. The van der Waals surface area contributed by atoms with Crippen LogP contribution in [0.1, 0.15) is 41.5 Å². The molecule has 0 fully saturated rings. The van der Waals surface area contributed by atoms with Crippen molar-refractivity contribution in [2.45, 2.75) is 65.2 Å². The minimum Gasteiger partial charge on any atom is -0.461 e. The van der Waals surface area contributed by atoms with E-state index in [-0.39, 0.29) is 6.61 Å². The Morgan fingerprint density at radius 1 is 1.23 bits per heavy atom. The molecule has 22 heavy (non-hydrogen) atoms. The van der Waals surface area contributed by atoms with Crippen molar-refractivity contribution >= 4 is 12.1 Å². The van der Waals surface area contributed by atoms with E-state index < -0.39 is 41.6 Å². The number of hydrogen-bond donors (Lipinski definition) is 2. The summed E-state index contributed by atoms with van der Waals surface area (Å²) in [6, 6.07) is -1.38. The molecule has 0 rings (SSSR count). The van der Waals surface area contributed by atoms with Gasteiger partial charge in [-0.2, -0.15) is 8.78 Å². The average molecular weight is 325 g/mol. The molecule has 0 saturated carbocycles. The number of amides is 1. The van der Waals surface area contributed by atoms with Crippen LogP contribution >= 0.6 is 0 Å². The Labute approximate surface area is 129 Å². The zero-order chi connectivity index (χ0) is 17.7. The van der Waals surface area contributed by atoms with Crippen LogP contribution in [-0.4, -0.2) is 47.4 Å². The van der Waals surface area contributed by atoms with E-state index in [1.165, 1.54) is 20.8 Å². The van der Waals surface area contributed by atoms with E-state index in [0.717, 1.165) is 0 Å². The second-order valence-corrected chi connectivity index (χ2v) is 6.20. The summed E-state index contributed by atoms with van der Waals surface area (Å²) in [5.41, 5.74) is -0.819. The Kier molecular flexibility index (Phi) is 7.21. The summed E-state index contributed by atoms with van der Waals surface area (Å²) in [6.45, 7) is 9.01. The molecule has 2 N–H and O–H groups in total. The third-order valence-corrected chi connectivity index (χ3v) is 2.66. The predicted octanol–water partition coefficient (Wildman–Crippen LogP) is 2.09. The van der Waals surface area contributed by atoms with E-state index in [1.54, 1.807) is 20.8 Å². The van der Waals surface area contributed by atoms with E-state index in [2.05, 4.69) is 10.1 Å². The van der Waals surface area contributed by atoms with Crippen LogP contribution in [0.3, 0.4) is 0 Å². The van der Waals surface area contributed by atoms with Crippen molar-refractivity contribution in [1.82, 2.24) is 5.32 Å². The Morgan fingerprint density at radius 3 is 2.09 bits per heavy atom. The van der Waals surface area contributed by atoms with Gasteiger partial charge in [0.15, 0.2) is 0 Å². The maximum absolute atomic E-state index is 13.9. The molecule has 0 saturated heterocycles. The van der Waals surface area contributed by atoms with E-state index in [9.17, 15) is 23.5 Å². The molecule has 2 atom stereocenters. The van der Waals surface area contributed by atoms with Gasteiger partial charge in [0.2, 0.25) is 0 Å². The highest BCUT2D eigenvalue weighted by atomic mass is 19.3. The largest absolute Gasteiger partial charge is 0.461 e. The summed E-state index contributed by atoms with van der Waals surface area (Å²) in [5.74, 6) is -6.54. The van der Waals surface area contributed by atoms with Gasteiger partial charge in [-0.1, -0.05) is 13.8 Å². The molecule has 8 heteroatoms. The molecule has 1 amide bonds. The fourth-order valence-corrected chi connectivity index (χ4v) is 1.63. The minimum absolute atomic E-state index is 0.243. The lowest BCUT2D eigenvalue weighted by molar-refractivity contribution is -0.192. The third kappa shape index (κ3) is 6.13. The molecule has 0 radical (unpaired) electrons. The molecule has 0 spiro atoms. The maximum atomic E-state index is 13.9. The lowest BCUT2D eigenvalue weighted by atomic mass is 9.94. The van der Waals surface area contributed by atoms with Crippen LogP contribution in [0.5, 0.6) is 0 Å². The number of carbonyl (C=O) groups excluding carboxylic acids is 2. The first-order valence-electron chi connectivity index (χ1n) is 7.05. The highest BCUT2D eigenvalue weighted by molar-refractivity contribution is 5.78. The number of esters is 1. The summed E-state index contributed by atoms with van der Waals surface area (Å²) in [6.07, 6.45) is -3.39. The molecule has 0 aliphatic rings. The molecule has 6 nitrogen and oxygen atoms in total. The first kappa shape index (κ1) is 20.6. The number of nitrogens with one attached hydrogen (secondary N) is 1. The standard InChI is InChI=1S/C14H25F2NO5/c1-7-21-11(19)14(15,16)10(18)9(8(2)3)17-12(20)22-13(4,5)6/h8-10,18H,7H2,1-6H3,(H,17,20)/t9-,10-/m0/s1. The van der Waals surface area contributed by atoms with Crippen molar-refractivity contribution < 1.29 is 33.0 Å². The fourth-order valence-electron chi connectivity index (χ4n) is 1.63. The first-order valence-corrected chi connectivity index (χ1v) is 7.05. The number of alkyl halides is 2. The summed E-state index contributed by atoms with van der Waals surface area (Å²) in [5, 5.41) is 12.0. The van der Waals surface area contributed by atoms with Gasteiger partial charge in [0.1, 0.15) is 11.7 Å². The second kappa shape index (κ2) is 7.71. The molecule has 0 aromatic heterocycles. The Balaban J connectivity index is 5.09. The minimum atomic E-state index is -4.14. The number of carbonyl (C=O) groups is 2. The molecule has 0 aliphatic heterocycles. The molecule has 0 bridgehead atoms. The van der Waals surface area contributed by atoms with Crippen molar-refractivity contribution in [2.24, 2.45) is 5.92 Å². The van der Waals surface area contributed by atoms with Crippen molar-refractivity contribution in [2.75, 3.05) is 6.61 Å². The zero-order valence-electron chi connectivity index (χ0n) is 13.8. The number of halogens is 2. The molecular weight excluding hydrogens is 300 g/mol. The van der Waals surface area contributed by atoms with Gasteiger partial charge in [0.05, 0.1) is 12.6 Å². The van der Waals surface area contributed by atoms with Crippen LogP contribution in [0, 0.1) is 5.92 Å². The Bertz CT molecular complexity index is 393. The topological polar surface area (TPSA) is 84.9 Å². The van der Waals surface area contributed by atoms with E-state index in [0.29, 0.717) is 0 Å². The van der Waals surface area contributed by atoms with Crippen molar-refractivity contribution in [1.29, 1.82) is 0 Å². The molecule has 0 heterocycles. The second-order valence-electron chi connectivity index (χ2n) is 6.20. The molecule has 0 aromatic carbocycles. The number of ether oxygens (including phenoxy) is 2. The Hall–Kier alpha value is -1.44. The summed E-state index contributed by atoms with van der Waals surface area (Å²) in [7, 11) is 0. The Morgan fingerprint density at radius 2 is 1.73 bits per heavy atom. The van der Waals surface area contributed by atoms with Gasteiger partial charge < -0.3 is 19.9 Å². The van der Waals surface area contributed by atoms with Crippen LogP contribution in [0.15, 0.2) is 0 Å². The summed E-state index contributed by atoms with van der Waals surface area (Å²) in [4.78, 5) is 23.0. The van der Waals surface area contributed by atoms with Crippen LogP contribution < -0.4 is 5.32 Å². The normalized spacial score (nSPS) is 15.2. The van der Waals surface area contributed by atoms with Crippen molar-refractivity contribution in [3.63, 3.8) is 0 Å². The molecule has 0 aromatic rings. The van der Waals surface area contributed by atoms with E-state index >= 15 is 0 Å². The fraction of sp³-hybridized carbons (Fsp3) is 0.857. The highest BCUT2D eigenvalue weighted by Crippen LogP contribution is 2.26. The van der Waals surface area contributed by atoms with E-state index in [4.69, 9.17) is 4.74 Å². The van der Waals surface area contributed by atoms with Gasteiger partial charge in [-0.15, -0.1) is 0 Å². The van der Waals surface area contributed by atoms with Gasteiger partial charge in [-0.25, -0.2) is 9.59 Å². The lowest BCUT2D eigenvalue weighted by Gasteiger charge is -2.32. The number of aliphatic hydroxyl groups excluding tert-OH is 1. The van der Waals surface area contributed by atoms with Crippen LogP contribution in [-0.2, 0) is 14.3 Å². The third-order valence-electron chi connectivity index (χ3n) is 2.66. The van der Waals surface area contributed by atoms with Crippen molar-refractivity contribution in [3.8, 4) is 0 Å². The first-order chi connectivity index (χ1) is 9.82. The van der Waals surface area contributed by atoms with Gasteiger partial charge in [0.25, 0.3) is 0 Å². The highest BCUT2D eigenvalue weighted by Gasteiger charge is 2.52. The maximum Gasteiger partial charge on any atom is 0.407 e. The molecule has 130 valence electrons. The SMILES string of the molecule is CCOC(=O)C(F)(F)[C@@H](O)[C@@H](NC(=O)OC(C)(C)C)C(C)C. The summed E-state index contributed by atoms with van der Waals surface area (Å²) >= 11 is 0.